The van der Waals surface area contributed by atoms with E-state index >= 15 is 0 Å². The van der Waals surface area contributed by atoms with Crippen LogP contribution in [0.1, 0.15) is 18.9 Å². The first-order valence-electron chi connectivity index (χ1n) is 7.97. The summed E-state index contributed by atoms with van der Waals surface area (Å²) in [6.45, 7) is 3.69. The van der Waals surface area contributed by atoms with Crippen LogP contribution >= 0.6 is 0 Å². The highest BCUT2D eigenvalue weighted by atomic mass is 16.5. The minimum atomic E-state index is -0.977. The molecule has 0 radical (unpaired) electrons. The SMILES string of the molecule is C[C@]1(O)CCN(Cc2cccc(Oc3ccccc3)c2)C[C@@H]1O. The summed E-state index contributed by atoms with van der Waals surface area (Å²) in [5.41, 5.74) is 0.154. The Labute approximate surface area is 136 Å². The fourth-order valence-corrected chi connectivity index (χ4v) is 2.82. The number of β-amino-alcohol motifs (C(OH)–C–C–N with tert-alkyl or cyclic N) is 1. The van der Waals surface area contributed by atoms with Crippen molar-refractivity contribution in [3.05, 3.63) is 60.2 Å². The number of hydrogen-bond donors (Lipinski definition) is 2. The molecule has 0 bridgehead atoms. The van der Waals surface area contributed by atoms with E-state index in [1.807, 2.05) is 48.5 Å². The Morgan fingerprint density at radius 3 is 2.61 bits per heavy atom. The minimum absolute atomic E-state index is 0.483. The number of rotatable bonds is 4. The van der Waals surface area contributed by atoms with Gasteiger partial charge in [0, 0.05) is 19.6 Å². The second kappa shape index (κ2) is 6.71. The fourth-order valence-electron chi connectivity index (χ4n) is 2.82. The van der Waals surface area contributed by atoms with Crippen LogP contribution in [-0.2, 0) is 6.54 Å². The Bertz CT molecular complexity index is 642. The van der Waals surface area contributed by atoms with Gasteiger partial charge in [-0.3, -0.25) is 4.90 Å². The molecule has 122 valence electrons. The van der Waals surface area contributed by atoms with Crippen molar-refractivity contribution >= 4 is 0 Å². The van der Waals surface area contributed by atoms with Crippen molar-refractivity contribution < 1.29 is 14.9 Å². The third kappa shape index (κ3) is 4.10. The van der Waals surface area contributed by atoms with Crippen LogP contribution in [0, 0.1) is 0 Å². The Balaban J connectivity index is 1.64. The molecule has 2 aromatic rings. The molecule has 0 saturated carbocycles. The molecular formula is C19H23NO3. The van der Waals surface area contributed by atoms with Crippen LogP contribution in [0.25, 0.3) is 0 Å². The molecule has 4 heteroatoms. The van der Waals surface area contributed by atoms with E-state index in [2.05, 4.69) is 11.0 Å². The van der Waals surface area contributed by atoms with E-state index in [9.17, 15) is 10.2 Å². The number of aliphatic hydroxyl groups excluding tert-OH is 1. The van der Waals surface area contributed by atoms with Crippen molar-refractivity contribution in [3.8, 4) is 11.5 Å². The highest BCUT2D eigenvalue weighted by Gasteiger charge is 2.36. The van der Waals surface area contributed by atoms with Crippen LogP contribution < -0.4 is 4.74 Å². The van der Waals surface area contributed by atoms with Gasteiger partial charge in [-0.1, -0.05) is 30.3 Å². The highest BCUT2D eigenvalue weighted by molar-refractivity contribution is 5.33. The van der Waals surface area contributed by atoms with Gasteiger partial charge in [-0.15, -0.1) is 0 Å². The van der Waals surface area contributed by atoms with E-state index in [0.717, 1.165) is 30.2 Å². The number of hydrogen-bond acceptors (Lipinski definition) is 4. The molecule has 0 unspecified atom stereocenters. The van der Waals surface area contributed by atoms with Crippen molar-refractivity contribution in [1.29, 1.82) is 0 Å². The van der Waals surface area contributed by atoms with Gasteiger partial charge in [0.1, 0.15) is 11.5 Å². The summed E-state index contributed by atoms with van der Waals surface area (Å²) >= 11 is 0. The molecule has 1 heterocycles. The van der Waals surface area contributed by atoms with Gasteiger partial charge in [0.25, 0.3) is 0 Å². The quantitative estimate of drug-likeness (QED) is 0.911. The number of benzene rings is 2. The number of para-hydroxylation sites is 1. The van der Waals surface area contributed by atoms with E-state index in [0.29, 0.717) is 13.0 Å². The third-order valence-corrected chi connectivity index (χ3v) is 4.37. The Morgan fingerprint density at radius 1 is 1.13 bits per heavy atom. The maximum absolute atomic E-state index is 10.0. The normalized spacial score (nSPS) is 25.3. The molecule has 1 saturated heterocycles. The summed E-state index contributed by atoms with van der Waals surface area (Å²) < 4.78 is 5.85. The molecule has 4 nitrogen and oxygen atoms in total. The van der Waals surface area contributed by atoms with E-state index < -0.39 is 11.7 Å². The second-order valence-corrected chi connectivity index (χ2v) is 6.42. The smallest absolute Gasteiger partial charge is 0.127 e. The standard InChI is InChI=1S/C19H23NO3/c1-19(22)10-11-20(14-18(19)21)13-15-6-5-9-17(12-15)23-16-7-3-2-4-8-16/h2-9,12,18,21-22H,10-11,13-14H2,1H3/t18-,19-/m0/s1. The van der Waals surface area contributed by atoms with Gasteiger partial charge in [-0.2, -0.15) is 0 Å². The first-order chi connectivity index (χ1) is 11.0. The lowest BCUT2D eigenvalue weighted by Gasteiger charge is -2.39. The van der Waals surface area contributed by atoms with Gasteiger partial charge in [-0.05, 0) is 43.2 Å². The molecule has 1 aliphatic rings. The monoisotopic (exact) mass is 313 g/mol. The van der Waals surface area contributed by atoms with Gasteiger partial charge in [0.05, 0.1) is 11.7 Å². The molecule has 2 atom stereocenters. The van der Waals surface area contributed by atoms with Gasteiger partial charge in [0.15, 0.2) is 0 Å². The first-order valence-corrected chi connectivity index (χ1v) is 7.97. The molecule has 1 fully saturated rings. The molecule has 0 spiro atoms. The maximum Gasteiger partial charge on any atom is 0.127 e. The summed E-state index contributed by atoms with van der Waals surface area (Å²) in [4.78, 5) is 2.16. The lowest BCUT2D eigenvalue weighted by molar-refractivity contribution is -0.108. The molecule has 2 N–H and O–H groups in total. The molecule has 3 rings (SSSR count). The van der Waals surface area contributed by atoms with Crippen molar-refractivity contribution in [3.63, 3.8) is 0 Å². The summed E-state index contributed by atoms with van der Waals surface area (Å²) in [5, 5.41) is 20.1. The highest BCUT2D eigenvalue weighted by Crippen LogP contribution is 2.25. The van der Waals surface area contributed by atoms with Gasteiger partial charge < -0.3 is 14.9 Å². The van der Waals surface area contributed by atoms with Gasteiger partial charge >= 0.3 is 0 Å². The predicted molar refractivity (Wildman–Crippen MR) is 89.5 cm³/mol. The molecule has 1 aliphatic heterocycles. The van der Waals surface area contributed by atoms with Crippen LogP contribution in [0.2, 0.25) is 0 Å². The number of nitrogens with zero attached hydrogens (tertiary/aromatic N) is 1. The van der Waals surface area contributed by atoms with E-state index in [-0.39, 0.29) is 0 Å². The minimum Gasteiger partial charge on any atom is -0.457 e. The average Bonchev–Trinajstić information content (AvgIpc) is 2.53. The summed E-state index contributed by atoms with van der Waals surface area (Å²) in [6.07, 6.45) is -0.131. The van der Waals surface area contributed by atoms with Crippen molar-refractivity contribution in [2.24, 2.45) is 0 Å². The summed E-state index contributed by atoms with van der Waals surface area (Å²) in [7, 11) is 0. The van der Waals surface area contributed by atoms with Gasteiger partial charge in [-0.25, -0.2) is 0 Å². The van der Waals surface area contributed by atoms with Gasteiger partial charge in [0.2, 0.25) is 0 Å². The van der Waals surface area contributed by atoms with E-state index in [1.165, 1.54) is 0 Å². The van der Waals surface area contributed by atoms with Crippen LogP contribution in [0.5, 0.6) is 11.5 Å². The number of likely N-dealkylation sites (tertiary alicyclic amines) is 1. The zero-order valence-corrected chi connectivity index (χ0v) is 13.4. The maximum atomic E-state index is 10.0. The van der Waals surface area contributed by atoms with Crippen molar-refractivity contribution in [1.82, 2.24) is 4.90 Å². The Morgan fingerprint density at radius 2 is 1.87 bits per heavy atom. The molecule has 2 aromatic carbocycles. The lowest BCUT2D eigenvalue weighted by Crippen LogP contribution is -2.53. The molecule has 23 heavy (non-hydrogen) atoms. The van der Waals surface area contributed by atoms with Crippen molar-refractivity contribution in [2.45, 2.75) is 31.6 Å². The van der Waals surface area contributed by atoms with Crippen LogP contribution in [-0.4, -0.2) is 39.9 Å². The predicted octanol–water partition coefficient (Wildman–Crippen LogP) is 2.80. The molecule has 0 aromatic heterocycles. The second-order valence-electron chi connectivity index (χ2n) is 6.42. The zero-order chi connectivity index (χ0) is 16.3. The van der Waals surface area contributed by atoms with Crippen LogP contribution in [0.15, 0.2) is 54.6 Å². The van der Waals surface area contributed by atoms with E-state index in [1.54, 1.807) is 6.92 Å². The molecule has 0 amide bonds. The fraction of sp³-hybridized carbons (Fsp3) is 0.368. The number of ether oxygens (including phenoxy) is 1. The Kier molecular flexibility index (Phi) is 4.66. The largest absolute Gasteiger partial charge is 0.457 e. The topological polar surface area (TPSA) is 52.9 Å². The zero-order valence-electron chi connectivity index (χ0n) is 13.4. The third-order valence-electron chi connectivity index (χ3n) is 4.37. The Hall–Kier alpha value is -1.88. The first kappa shape index (κ1) is 16.0. The molecular weight excluding hydrogens is 290 g/mol. The van der Waals surface area contributed by atoms with E-state index in [4.69, 9.17) is 4.74 Å². The molecule has 0 aliphatic carbocycles. The summed E-state index contributed by atoms with van der Waals surface area (Å²) in [6, 6.07) is 17.7. The summed E-state index contributed by atoms with van der Waals surface area (Å²) in [5.74, 6) is 1.62. The average molecular weight is 313 g/mol. The van der Waals surface area contributed by atoms with Crippen molar-refractivity contribution in [2.75, 3.05) is 13.1 Å². The van der Waals surface area contributed by atoms with Crippen LogP contribution in [0.3, 0.4) is 0 Å². The number of aliphatic hydroxyl groups is 2. The number of piperidine rings is 1. The lowest BCUT2D eigenvalue weighted by atomic mass is 9.90. The van der Waals surface area contributed by atoms with Crippen LogP contribution in [0.4, 0.5) is 0 Å².